The zero-order valence-corrected chi connectivity index (χ0v) is 11.5. The van der Waals surface area contributed by atoms with Crippen molar-refractivity contribution in [3.8, 4) is 0 Å². The summed E-state index contributed by atoms with van der Waals surface area (Å²) < 4.78 is 6.07. The number of halogens is 1. The highest BCUT2D eigenvalue weighted by molar-refractivity contribution is 6.73. The second-order valence-electron chi connectivity index (χ2n) is 4.54. The number of benzene rings is 1. The lowest BCUT2D eigenvalue weighted by atomic mass is 10.1. The van der Waals surface area contributed by atoms with Gasteiger partial charge in [-0.25, -0.2) is 0 Å². The van der Waals surface area contributed by atoms with Crippen LogP contribution in [0.4, 0.5) is 0 Å². The Morgan fingerprint density at radius 3 is 2.50 bits per heavy atom. The predicted molar refractivity (Wildman–Crippen MR) is 71.9 cm³/mol. The lowest BCUT2D eigenvalue weighted by molar-refractivity contribution is 0.259. The molecule has 3 heteroatoms. The Labute approximate surface area is 104 Å². The third-order valence-corrected chi connectivity index (χ3v) is 6.16. The first kappa shape index (κ1) is 12.2. The largest absolute Gasteiger partial charge is 0.414 e. The minimum atomic E-state index is -1.36. The molecule has 16 heavy (non-hydrogen) atoms. The molecule has 0 spiro atoms. The summed E-state index contributed by atoms with van der Waals surface area (Å²) in [4.78, 5) is 0. The van der Waals surface area contributed by atoms with Crippen LogP contribution >= 0.6 is 11.6 Å². The van der Waals surface area contributed by atoms with Gasteiger partial charge >= 0.3 is 0 Å². The van der Waals surface area contributed by atoms with E-state index in [1.54, 1.807) is 0 Å². The van der Waals surface area contributed by atoms with Crippen LogP contribution in [0.1, 0.15) is 25.7 Å². The Bertz CT molecular complexity index is 298. The Morgan fingerprint density at radius 2 is 1.88 bits per heavy atom. The van der Waals surface area contributed by atoms with Crippen molar-refractivity contribution in [1.29, 1.82) is 0 Å². The molecular weight excluding hydrogens is 236 g/mol. The summed E-state index contributed by atoms with van der Waals surface area (Å²) in [5, 5.41) is 1.33. The Morgan fingerprint density at radius 1 is 1.19 bits per heavy atom. The molecule has 1 atom stereocenters. The number of hydrogen-bond donors (Lipinski definition) is 0. The monoisotopic (exact) mass is 254 g/mol. The van der Waals surface area contributed by atoms with Gasteiger partial charge in [0.25, 0.3) is 0 Å². The lowest BCUT2D eigenvalue weighted by Crippen LogP contribution is -2.37. The summed E-state index contributed by atoms with van der Waals surface area (Å²) in [5.74, 6) is 0.793. The quantitative estimate of drug-likeness (QED) is 0.580. The van der Waals surface area contributed by atoms with Crippen molar-refractivity contribution in [3.63, 3.8) is 0 Å². The van der Waals surface area contributed by atoms with E-state index in [1.165, 1.54) is 30.9 Å². The fourth-order valence-corrected chi connectivity index (χ4v) is 4.74. The van der Waals surface area contributed by atoms with E-state index in [0.717, 1.165) is 12.5 Å². The van der Waals surface area contributed by atoms with Gasteiger partial charge in [0.15, 0.2) is 0 Å². The van der Waals surface area contributed by atoms with Crippen molar-refractivity contribution in [1.82, 2.24) is 0 Å². The van der Waals surface area contributed by atoms with E-state index in [9.17, 15) is 0 Å². The molecule has 0 heterocycles. The van der Waals surface area contributed by atoms with Crippen LogP contribution in [0.2, 0.25) is 0 Å². The molecule has 1 fully saturated rings. The molecule has 0 amide bonds. The molecule has 1 nitrogen and oxygen atoms in total. The van der Waals surface area contributed by atoms with Crippen molar-refractivity contribution >= 4 is 25.8 Å². The number of hydrogen-bond acceptors (Lipinski definition) is 1. The van der Waals surface area contributed by atoms with Crippen LogP contribution in [0.25, 0.3) is 0 Å². The maximum absolute atomic E-state index is 6.07. The summed E-state index contributed by atoms with van der Waals surface area (Å²) in [6, 6.07) is 10.5. The maximum atomic E-state index is 6.07. The molecule has 0 N–H and O–H groups in total. The molecular formula is C13H19ClOSi. The van der Waals surface area contributed by atoms with Crippen LogP contribution < -0.4 is 5.19 Å². The summed E-state index contributed by atoms with van der Waals surface area (Å²) in [5.41, 5.74) is 0.677. The predicted octanol–water partition coefficient (Wildman–Crippen LogP) is 2.60. The first-order valence-electron chi connectivity index (χ1n) is 6.12. The first-order valence-corrected chi connectivity index (χ1v) is 8.52. The molecule has 0 aromatic heterocycles. The minimum absolute atomic E-state index is 0.677. The molecule has 0 radical (unpaired) electrons. The Hall–Kier alpha value is -0.313. The smallest absolute Gasteiger partial charge is 0.222 e. The fourth-order valence-electron chi connectivity index (χ4n) is 2.33. The summed E-state index contributed by atoms with van der Waals surface area (Å²) in [7, 11) is -1.36. The lowest BCUT2D eigenvalue weighted by Gasteiger charge is -2.17. The maximum Gasteiger partial charge on any atom is 0.222 e. The standard InChI is InChI=1S/C13H19ClOSi/c14-11-16(13-8-2-1-3-9-13)15-10-12-6-4-5-7-12/h1-3,8-9,12,16H,4-7,10-11H2. The highest BCUT2D eigenvalue weighted by Crippen LogP contribution is 2.24. The van der Waals surface area contributed by atoms with E-state index in [4.69, 9.17) is 16.0 Å². The average Bonchev–Trinajstić information content (AvgIpc) is 2.84. The normalized spacial score (nSPS) is 18.8. The molecule has 1 aliphatic rings. The van der Waals surface area contributed by atoms with Gasteiger partial charge in [0.1, 0.15) is 0 Å². The average molecular weight is 255 g/mol. The molecule has 1 unspecified atom stereocenters. The molecule has 1 aromatic carbocycles. The van der Waals surface area contributed by atoms with E-state index in [2.05, 4.69) is 24.3 Å². The van der Waals surface area contributed by atoms with Crippen LogP contribution in [0.15, 0.2) is 30.3 Å². The zero-order chi connectivity index (χ0) is 11.2. The molecule has 88 valence electrons. The zero-order valence-electron chi connectivity index (χ0n) is 9.57. The van der Waals surface area contributed by atoms with Gasteiger partial charge in [0.05, 0.1) is 0 Å². The van der Waals surface area contributed by atoms with Crippen molar-refractivity contribution < 1.29 is 4.43 Å². The second kappa shape index (κ2) is 6.43. The van der Waals surface area contributed by atoms with Crippen molar-refractivity contribution in [2.45, 2.75) is 25.7 Å². The van der Waals surface area contributed by atoms with Crippen molar-refractivity contribution in [2.24, 2.45) is 5.92 Å². The van der Waals surface area contributed by atoms with Gasteiger partial charge in [0, 0.05) is 12.1 Å². The van der Waals surface area contributed by atoms with Crippen LogP contribution in [-0.2, 0) is 4.43 Å². The minimum Gasteiger partial charge on any atom is -0.414 e. The van der Waals surface area contributed by atoms with E-state index in [-0.39, 0.29) is 0 Å². The van der Waals surface area contributed by atoms with Gasteiger partial charge in [0.2, 0.25) is 9.04 Å². The fraction of sp³-hybridized carbons (Fsp3) is 0.538. The molecule has 0 aliphatic heterocycles. The molecule has 1 aromatic rings. The highest BCUT2D eigenvalue weighted by Gasteiger charge is 2.19. The number of rotatable bonds is 5. The molecule has 1 aliphatic carbocycles. The third-order valence-electron chi connectivity index (χ3n) is 3.32. The van der Waals surface area contributed by atoms with Gasteiger partial charge in [-0.2, -0.15) is 0 Å². The van der Waals surface area contributed by atoms with Crippen LogP contribution in [-0.4, -0.2) is 21.2 Å². The van der Waals surface area contributed by atoms with Crippen molar-refractivity contribution in [2.75, 3.05) is 12.1 Å². The van der Waals surface area contributed by atoms with Gasteiger partial charge in [-0.05, 0) is 23.9 Å². The molecule has 1 saturated carbocycles. The van der Waals surface area contributed by atoms with Crippen LogP contribution in [0.3, 0.4) is 0 Å². The van der Waals surface area contributed by atoms with E-state index in [1.807, 2.05) is 6.07 Å². The molecule has 2 rings (SSSR count). The van der Waals surface area contributed by atoms with E-state index in [0.29, 0.717) is 5.50 Å². The van der Waals surface area contributed by atoms with Gasteiger partial charge < -0.3 is 4.43 Å². The molecule has 0 bridgehead atoms. The Kier molecular flexibility index (Phi) is 4.88. The summed E-state index contributed by atoms with van der Waals surface area (Å²) >= 11 is 6.02. The van der Waals surface area contributed by atoms with Crippen LogP contribution in [0, 0.1) is 5.92 Å². The first-order chi connectivity index (χ1) is 7.90. The summed E-state index contributed by atoms with van der Waals surface area (Å²) in [6.07, 6.45) is 5.45. The number of alkyl halides is 1. The molecule has 0 saturated heterocycles. The SMILES string of the molecule is ClC[SiH](OCC1CCCC1)c1ccccc1. The van der Waals surface area contributed by atoms with Gasteiger partial charge in [-0.15, -0.1) is 11.6 Å². The van der Waals surface area contributed by atoms with E-state index >= 15 is 0 Å². The second-order valence-corrected chi connectivity index (χ2v) is 7.75. The van der Waals surface area contributed by atoms with E-state index < -0.39 is 9.04 Å². The third kappa shape index (κ3) is 3.34. The van der Waals surface area contributed by atoms with Gasteiger partial charge in [-0.1, -0.05) is 43.2 Å². The summed E-state index contributed by atoms with van der Waals surface area (Å²) in [6.45, 7) is 0.929. The van der Waals surface area contributed by atoms with Crippen molar-refractivity contribution in [3.05, 3.63) is 30.3 Å². The highest BCUT2D eigenvalue weighted by atomic mass is 35.5. The van der Waals surface area contributed by atoms with Gasteiger partial charge in [-0.3, -0.25) is 0 Å². The Balaban J connectivity index is 1.85. The van der Waals surface area contributed by atoms with Crippen LogP contribution in [0.5, 0.6) is 0 Å². The topological polar surface area (TPSA) is 9.23 Å².